The second-order valence-corrected chi connectivity index (χ2v) is 3.59. The molecule has 1 aliphatic heterocycles. The Labute approximate surface area is 90.4 Å². The fourth-order valence-electron chi connectivity index (χ4n) is 1.46. The van der Waals surface area contributed by atoms with Gasteiger partial charge in [-0.15, -0.1) is 0 Å². The Morgan fingerprint density at radius 3 is 2.73 bits per heavy atom. The normalized spacial score (nSPS) is 19.5. The summed E-state index contributed by atoms with van der Waals surface area (Å²) >= 11 is 0. The van der Waals surface area contributed by atoms with Crippen molar-refractivity contribution in [1.29, 1.82) is 0 Å². The van der Waals surface area contributed by atoms with Crippen LogP contribution in [0, 0.1) is 0 Å². The number of rotatable bonds is 3. The predicted molar refractivity (Wildman–Crippen MR) is 60.8 cm³/mol. The zero-order chi connectivity index (χ0) is 10.5. The van der Waals surface area contributed by atoms with E-state index < -0.39 is 0 Å². The highest BCUT2D eigenvalue weighted by molar-refractivity contribution is 5.14. The molecule has 0 radical (unpaired) electrons. The highest BCUT2D eigenvalue weighted by Gasteiger charge is 2.09. The van der Waals surface area contributed by atoms with Crippen molar-refractivity contribution < 1.29 is 4.84 Å². The van der Waals surface area contributed by atoms with Crippen LogP contribution in [0.15, 0.2) is 54.8 Å². The molecule has 1 aromatic carbocycles. The van der Waals surface area contributed by atoms with Gasteiger partial charge in [0, 0.05) is 6.20 Å². The van der Waals surface area contributed by atoms with Crippen molar-refractivity contribution in [1.82, 2.24) is 5.06 Å². The molecule has 15 heavy (non-hydrogen) atoms. The van der Waals surface area contributed by atoms with Crippen LogP contribution in [0.4, 0.5) is 0 Å². The quantitative estimate of drug-likeness (QED) is 0.745. The standard InChI is InChI=1S/C13H15NO/c1-12-7-5-6-10-14(12)15-11-13-8-3-2-4-9-13/h2-10,12H,11H2,1H3. The third kappa shape index (κ3) is 2.70. The fourth-order valence-corrected chi connectivity index (χ4v) is 1.46. The summed E-state index contributed by atoms with van der Waals surface area (Å²) in [4.78, 5) is 5.68. The van der Waals surface area contributed by atoms with Crippen LogP contribution < -0.4 is 0 Å². The molecule has 0 aromatic heterocycles. The molecule has 0 amide bonds. The lowest BCUT2D eigenvalue weighted by Crippen LogP contribution is -2.27. The Hall–Kier alpha value is -1.54. The number of allylic oxidation sites excluding steroid dienone is 2. The number of hydroxylamine groups is 2. The molecule has 0 bridgehead atoms. The van der Waals surface area contributed by atoms with Crippen molar-refractivity contribution in [3.63, 3.8) is 0 Å². The first-order valence-corrected chi connectivity index (χ1v) is 5.16. The van der Waals surface area contributed by atoms with Gasteiger partial charge in [0.05, 0.1) is 12.6 Å². The third-order valence-corrected chi connectivity index (χ3v) is 2.36. The predicted octanol–water partition coefficient (Wildman–Crippen LogP) is 2.89. The van der Waals surface area contributed by atoms with Gasteiger partial charge in [-0.05, 0) is 18.6 Å². The number of benzene rings is 1. The van der Waals surface area contributed by atoms with Crippen LogP contribution in [0.1, 0.15) is 12.5 Å². The van der Waals surface area contributed by atoms with E-state index in [-0.39, 0.29) is 0 Å². The van der Waals surface area contributed by atoms with Gasteiger partial charge in [-0.25, -0.2) is 0 Å². The van der Waals surface area contributed by atoms with E-state index in [4.69, 9.17) is 4.84 Å². The molecule has 1 atom stereocenters. The summed E-state index contributed by atoms with van der Waals surface area (Å²) in [7, 11) is 0. The van der Waals surface area contributed by atoms with Gasteiger partial charge in [0.1, 0.15) is 0 Å². The lowest BCUT2D eigenvalue weighted by Gasteiger charge is -2.26. The molecule has 2 rings (SSSR count). The second kappa shape index (κ2) is 4.80. The van der Waals surface area contributed by atoms with E-state index in [1.165, 1.54) is 5.56 Å². The van der Waals surface area contributed by atoms with Crippen molar-refractivity contribution in [2.75, 3.05) is 0 Å². The topological polar surface area (TPSA) is 12.5 Å². The molecule has 0 N–H and O–H groups in total. The van der Waals surface area contributed by atoms with Gasteiger partial charge in [-0.3, -0.25) is 9.90 Å². The zero-order valence-corrected chi connectivity index (χ0v) is 8.84. The minimum Gasteiger partial charge on any atom is -0.269 e. The van der Waals surface area contributed by atoms with Crippen LogP contribution in [0.5, 0.6) is 0 Å². The number of nitrogens with zero attached hydrogens (tertiary/aromatic N) is 1. The smallest absolute Gasteiger partial charge is 0.0999 e. The summed E-state index contributed by atoms with van der Waals surface area (Å²) in [6.45, 7) is 2.72. The van der Waals surface area contributed by atoms with Gasteiger partial charge < -0.3 is 0 Å². The molecule has 1 aliphatic rings. The molecule has 0 aliphatic carbocycles. The first-order valence-electron chi connectivity index (χ1n) is 5.16. The molecule has 0 fully saturated rings. The molecule has 78 valence electrons. The number of hydrogen-bond donors (Lipinski definition) is 0. The molecule has 0 spiro atoms. The Morgan fingerprint density at radius 1 is 1.20 bits per heavy atom. The van der Waals surface area contributed by atoms with E-state index in [1.54, 1.807) is 0 Å². The summed E-state index contributed by atoms with van der Waals surface area (Å²) in [5, 5.41) is 1.87. The first kappa shape index (κ1) is 9.99. The Bertz CT molecular complexity index is 356. The van der Waals surface area contributed by atoms with Crippen molar-refractivity contribution in [2.45, 2.75) is 19.6 Å². The highest BCUT2D eigenvalue weighted by atomic mass is 16.7. The van der Waals surface area contributed by atoms with Crippen molar-refractivity contribution >= 4 is 0 Å². The molecule has 0 saturated carbocycles. The van der Waals surface area contributed by atoms with Crippen LogP contribution in [-0.2, 0) is 11.4 Å². The van der Waals surface area contributed by atoms with Gasteiger partial charge >= 0.3 is 0 Å². The summed E-state index contributed by atoms with van der Waals surface area (Å²) in [5.74, 6) is 0. The monoisotopic (exact) mass is 201 g/mol. The van der Waals surface area contributed by atoms with Crippen LogP contribution >= 0.6 is 0 Å². The maximum atomic E-state index is 5.68. The van der Waals surface area contributed by atoms with E-state index in [2.05, 4.69) is 25.1 Å². The van der Waals surface area contributed by atoms with E-state index in [0.29, 0.717) is 12.6 Å². The van der Waals surface area contributed by atoms with Crippen molar-refractivity contribution in [3.05, 3.63) is 60.3 Å². The molecular formula is C13H15NO. The fraction of sp³-hybridized carbons (Fsp3) is 0.231. The SMILES string of the molecule is CC1C=CC=CN1OCc1ccccc1. The summed E-state index contributed by atoms with van der Waals surface area (Å²) < 4.78 is 0. The minimum absolute atomic E-state index is 0.304. The molecule has 0 saturated heterocycles. The van der Waals surface area contributed by atoms with Crippen LogP contribution in [0.25, 0.3) is 0 Å². The Kier molecular flexibility index (Phi) is 3.20. The van der Waals surface area contributed by atoms with E-state index in [1.807, 2.05) is 41.6 Å². The zero-order valence-electron chi connectivity index (χ0n) is 8.84. The van der Waals surface area contributed by atoms with Crippen molar-refractivity contribution in [3.8, 4) is 0 Å². The first-order chi connectivity index (χ1) is 7.36. The minimum atomic E-state index is 0.304. The van der Waals surface area contributed by atoms with Crippen LogP contribution in [0.2, 0.25) is 0 Å². The Morgan fingerprint density at radius 2 is 2.00 bits per heavy atom. The third-order valence-electron chi connectivity index (χ3n) is 2.36. The van der Waals surface area contributed by atoms with Gasteiger partial charge in [0.15, 0.2) is 0 Å². The Balaban J connectivity index is 1.89. The van der Waals surface area contributed by atoms with E-state index in [9.17, 15) is 0 Å². The molecule has 2 nitrogen and oxygen atoms in total. The average molecular weight is 201 g/mol. The van der Waals surface area contributed by atoms with Crippen molar-refractivity contribution in [2.24, 2.45) is 0 Å². The van der Waals surface area contributed by atoms with Gasteiger partial charge in [-0.1, -0.05) is 42.5 Å². The van der Waals surface area contributed by atoms with Gasteiger partial charge in [0.2, 0.25) is 0 Å². The maximum absolute atomic E-state index is 5.68. The molecule has 1 heterocycles. The average Bonchev–Trinajstić information content (AvgIpc) is 2.29. The molecule has 2 heteroatoms. The number of hydrogen-bond acceptors (Lipinski definition) is 2. The largest absolute Gasteiger partial charge is 0.269 e. The lowest BCUT2D eigenvalue weighted by molar-refractivity contribution is -0.146. The maximum Gasteiger partial charge on any atom is 0.0999 e. The summed E-state index contributed by atoms with van der Waals surface area (Å²) in [6.07, 6.45) is 8.07. The van der Waals surface area contributed by atoms with Gasteiger partial charge in [0.25, 0.3) is 0 Å². The lowest BCUT2D eigenvalue weighted by atomic mass is 10.2. The van der Waals surface area contributed by atoms with E-state index >= 15 is 0 Å². The summed E-state index contributed by atoms with van der Waals surface area (Å²) in [6, 6.07) is 10.5. The van der Waals surface area contributed by atoms with Crippen LogP contribution in [-0.4, -0.2) is 11.1 Å². The van der Waals surface area contributed by atoms with Crippen LogP contribution in [0.3, 0.4) is 0 Å². The van der Waals surface area contributed by atoms with E-state index in [0.717, 1.165) is 0 Å². The highest BCUT2D eigenvalue weighted by Crippen LogP contribution is 2.10. The molecular weight excluding hydrogens is 186 g/mol. The second-order valence-electron chi connectivity index (χ2n) is 3.59. The van der Waals surface area contributed by atoms with Gasteiger partial charge in [-0.2, -0.15) is 0 Å². The summed E-state index contributed by atoms with van der Waals surface area (Å²) in [5.41, 5.74) is 1.19. The molecule has 1 unspecified atom stereocenters. The molecule has 1 aromatic rings.